The second-order valence-corrected chi connectivity index (χ2v) is 10.8. The van der Waals surface area contributed by atoms with Crippen LogP contribution in [0.3, 0.4) is 0 Å². The smallest absolute Gasteiger partial charge is 0.0399 e. The van der Waals surface area contributed by atoms with Crippen LogP contribution in [-0.2, 0) is 0 Å². The van der Waals surface area contributed by atoms with Gasteiger partial charge in [0, 0.05) is 14.1 Å². The number of hydrogen-bond acceptors (Lipinski definition) is 0. The first-order valence-electron chi connectivity index (χ1n) is 7.89. The summed E-state index contributed by atoms with van der Waals surface area (Å²) < 4.78 is 0. The highest BCUT2D eigenvalue weighted by atomic mass is 79.9. The molecular formula is C15H29BrSi. The number of rotatable bonds is 4. The number of halogens is 1. The monoisotopic (exact) mass is 316 g/mol. The van der Waals surface area contributed by atoms with Gasteiger partial charge in [0.2, 0.25) is 0 Å². The highest BCUT2D eigenvalue weighted by Gasteiger charge is 2.31. The zero-order valence-electron chi connectivity index (χ0n) is 11.5. The zero-order valence-corrected chi connectivity index (χ0v) is 14.2. The van der Waals surface area contributed by atoms with Gasteiger partial charge in [-0.15, -0.1) is 0 Å². The van der Waals surface area contributed by atoms with Crippen molar-refractivity contribution >= 4 is 24.7 Å². The van der Waals surface area contributed by atoms with Gasteiger partial charge in [0.05, 0.1) is 0 Å². The third kappa shape index (κ3) is 4.09. The standard InChI is InChI=1S/C15H29BrSi/c1-2-3-13-4-6-15(7-5-13)17-10-8-14(12-16)9-11-17/h13-15,17H,2-12H2,1H3. The van der Waals surface area contributed by atoms with Crippen LogP contribution in [0, 0.1) is 11.8 Å². The van der Waals surface area contributed by atoms with Crippen molar-refractivity contribution in [3.05, 3.63) is 0 Å². The third-order valence-electron chi connectivity index (χ3n) is 5.36. The van der Waals surface area contributed by atoms with Crippen LogP contribution in [0.4, 0.5) is 0 Å². The van der Waals surface area contributed by atoms with Crippen molar-refractivity contribution in [2.75, 3.05) is 5.33 Å². The molecule has 0 spiro atoms. The maximum absolute atomic E-state index is 3.67. The molecule has 17 heavy (non-hydrogen) atoms. The Morgan fingerprint density at radius 3 is 2.12 bits per heavy atom. The van der Waals surface area contributed by atoms with Crippen molar-refractivity contribution in [2.24, 2.45) is 11.8 Å². The molecule has 0 nitrogen and oxygen atoms in total. The summed E-state index contributed by atoms with van der Waals surface area (Å²) >= 11 is 3.67. The number of alkyl halides is 1. The Morgan fingerprint density at radius 2 is 1.59 bits per heavy atom. The molecule has 100 valence electrons. The van der Waals surface area contributed by atoms with Crippen LogP contribution in [0.2, 0.25) is 17.6 Å². The molecule has 1 aliphatic heterocycles. The fraction of sp³-hybridized carbons (Fsp3) is 1.00. The fourth-order valence-electron chi connectivity index (χ4n) is 4.17. The van der Waals surface area contributed by atoms with Gasteiger partial charge in [0.1, 0.15) is 0 Å². The summed E-state index contributed by atoms with van der Waals surface area (Å²) in [6, 6.07) is 3.33. The van der Waals surface area contributed by atoms with E-state index in [4.69, 9.17) is 0 Å². The first-order valence-corrected chi connectivity index (χ1v) is 11.3. The van der Waals surface area contributed by atoms with E-state index in [-0.39, 0.29) is 8.80 Å². The largest absolute Gasteiger partial charge is 0.0925 e. The minimum atomic E-state index is -0.328. The van der Waals surface area contributed by atoms with Crippen molar-refractivity contribution in [1.82, 2.24) is 0 Å². The summed E-state index contributed by atoms with van der Waals surface area (Å²) in [5.74, 6) is 2.12. The van der Waals surface area contributed by atoms with Crippen LogP contribution in [0.15, 0.2) is 0 Å². The maximum atomic E-state index is 3.67. The second kappa shape index (κ2) is 7.33. The van der Waals surface area contributed by atoms with Crippen LogP contribution in [0.25, 0.3) is 0 Å². The molecule has 0 radical (unpaired) electrons. The van der Waals surface area contributed by atoms with Gasteiger partial charge in [-0.05, 0) is 17.4 Å². The summed E-state index contributed by atoms with van der Waals surface area (Å²) in [6.45, 7) is 2.35. The molecule has 0 aromatic rings. The van der Waals surface area contributed by atoms with Gasteiger partial charge in [0.25, 0.3) is 0 Å². The van der Waals surface area contributed by atoms with Crippen molar-refractivity contribution in [3.63, 3.8) is 0 Å². The van der Waals surface area contributed by atoms with Gasteiger partial charge in [-0.1, -0.05) is 86.3 Å². The molecule has 0 N–H and O–H groups in total. The molecule has 2 aliphatic rings. The van der Waals surface area contributed by atoms with Gasteiger partial charge < -0.3 is 0 Å². The lowest BCUT2D eigenvalue weighted by atomic mass is 9.86. The van der Waals surface area contributed by atoms with E-state index >= 15 is 0 Å². The Hall–Kier alpha value is 0.697. The highest BCUT2D eigenvalue weighted by Crippen LogP contribution is 2.42. The Morgan fingerprint density at radius 1 is 0.941 bits per heavy atom. The van der Waals surface area contributed by atoms with E-state index in [2.05, 4.69) is 22.9 Å². The van der Waals surface area contributed by atoms with E-state index in [0.717, 1.165) is 11.8 Å². The molecule has 0 unspecified atom stereocenters. The topological polar surface area (TPSA) is 0 Å². The average molecular weight is 317 g/mol. The Balaban J connectivity index is 1.70. The molecule has 0 amide bonds. The molecule has 0 bridgehead atoms. The fourth-order valence-corrected chi connectivity index (χ4v) is 9.18. The predicted octanol–water partition coefficient (Wildman–Crippen LogP) is 5.38. The SMILES string of the molecule is CCCC1CCC([SiH]2CCC(CBr)CC2)CC1. The molecule has 0 atom stereocenters. The zero-order chi connectivity index (χ0) is 12.1. The van der Waals surface area contributed by atoms with E-state index in [9.17, 15) is 0 Å². The van der Waals surface area contributed by atoms with Gasteiger partial charge >= 0.3 is 0 Å². The third-order valence-corrected chi connectivity index (χ3v) is 10.4. The van der Waals surface area contributed by atoms with Crippen LogP contribution in [0.5, 0.6) is 0 Å². The van der Waals surface area contributed by atoms with Crippen molar-refractivity contribution in [2.45, 2.75) is 75.9 Å². The molecule has 0 aromatic carbocycles. The molecule has 1 aliphatic carbocycles. The minimum absolute atomic E-state index is 0.328. The quantitative estimate of drug-likeness (QED) is 0.482. The van der Waals surface area contributed by atoms with Gasteiger partial charge in [-0.2, -0.15) is 0 Å². The lowest BCUT2D eigenvalue weighted by molar-refractivity contribution is 0.331. The Kier molecular flexibility index (Phi) is 6.08. The van der Waals surface area contributed by atoms with Crippen LogP contribution >= 0.6 is 15.9 Å². The lowest BCUT2D eigenvalue weighted by Crippen LogP contribution is -2.29. The average Bonchev–Trinajstić information content (AvgIpc) is 2.40. The number of hydrogen-bond donors (Lipinski definition) is 0. The molecular weight excluding hydrogens is 288 g/mol. The first-order chi connectivity index (χ1) is 8.33. The van der Waals surface area contributed by atoms with E-state index < -0.39 is 0 Å². The highest BCUT2D eigenvalue weighted by molar-refractivity contribution is 9.09. The summed E-state index contributed by atoms with van der Waals surface area (Å²) in [5.41, 5.74) is 1.24. The van der Waals surface area contributed by atoms with E-state index in [1.165, 1.54) is 23.7 Å². The second-order valence-electron chi connectivity index (χ2n) is 6.50. The Bertz CT molecular complexity index is 203. The van der Waals surface area contributed by atoms with Gasteiger partial charge in [0.15, 0.2) is 0 Å². The summed E-state index contributed by atoms with van der Waals surface area (Å²) in [7, 11) is -0.328. The minimum Gasteiger partial charge on any atom is -0.0925 e. The van der Waals surface area contributed by atoms with Crippen molar-refractivity contribution < 1.29 is 0 Å². The van der Waals surface area contributed by atoms with E-state index in [0.29, 0.717) is 0 Å². The lowest BCUT2D eigenvalue weighted by Gasteiger charge is -2.36. The van der Waals surface area contributed by atoms with Crippen molar-refractivity contribution in [3.8, 4) is 0 Å². The maximum Gasteiger partial charge on any atom is 0.0399 e. The molecule has 2 rings (SSSR count). The Labute approximate surface area is 118 Å². The summed E-state index contributed by atoms with van der Waals surface area (Å²) in [5, 5.41) is 1.26. The molecule has 2 heteroatoms. The molecule has 1 saturated heterocycles. The molecule has 1 heterocycles. The van der Waals surface area contributed by atoms with E-state index in [1.807, 2.05) is 0 Å². The van der Waals surface area contributed by atoms with Crippen LogP contribution in [-0.4, -0.2) is 14.1 Å². The van der Waals surface area contributed by atoms with Crippen LogP contribution in [0.1, 0.15) is 58.3 Å². The van der Waals surface area contributed by atoms with Gasteiger partial charge in [-0.3, -0.25) is 0 Å². The van der Waals surface area contributed by atoms with E-state index in [1.54, 1.807) is 50.6 Å². The van der Waals surface area contributed by atoms with Gasteiger partial charge in [-0.25, -0.2) is 0 Å². The van der Waals surface area contributed by atoms with Crippen LogP contribution < -0.4 is 0 Å². The summed E-state index contributed by atoms with van der Waals surface area (Å²) in [6.07, 6.45) is 12.4. The summed E-state index contributed by atoms with van der Waals surface area (Å²) in [4.78, 5) is 0. The predicted molar refractivity (Wildman–Crippen MR) is 83.9 cm³/mol. The molecule has 1 saturated carbocycles. The molecule has 0 aromatic heterocycles. The van der Waals surface area contributed by atoms with Crippen molar-refractivity contribution in [1.29, 1.82) is 0 Å². The normalized spacial score (nSPS) is 39.2. The molecule has 2 fully saturated rings. The first kappa shape index (κ1) is 14.1.